The van der Waals surface area contributed by atoms with Crippen molar-refractivity contribution in [1.82, 2.24) is 9.80 Å². The van der Waals surface area contributed by atoms with Crippen LogP contribution in [0.3, 0.4) is 0 Å². The molecule has 2 saturated heterocycles. The number of ether oxygens (including phenoxy) is 2. The Morgan fingerprint density at radius 3 is 1.59 bits per heavy atom. The number of hydrogen-bond donors (Lipinski definition) is 0. The number of morpholine rings is 2. The molecule has 0 bridgehead atoms. The lowest BCUT2D eigenvalue weighted by Gasteiger charge is -2.39. The molecular weight excluding hydrogens is 364 g/mol. The summed E-state index contributed by atoms with van der Waals surface area (Å²) in [6.07, 6.45) is 0. The summed E-state index contributed by atoms with van der Waals surface area (Å²) < 4.78 is 11.1. The monoisotopic (exact) mass is 396 g/mol. The first kappa shape index (κ1) is 19.1. The average Bonchev–Trinajstić information content (AvgIpc) is 2.74. The Morgan fingerprint density at radius 2 is 1.14 bits per heavy atom. The van der Waals surface area contributed by atoms with E-state index in [1.807, 2.05) is 0 Å². The van der Waals surface area contributed by atoms with Crippen molar-refractivity contribution in [3.8, 4) is 0 Å². The molecule has 0 unspecified atom stereocenters. The van der Waals surface area contributed by atoms with E-state index in [0.717, 1.165) is 72.4 Å². The Bertz CT molecular complexity index is 808. The van der Waals surface area contributed by atoms with E-state index in [2.05, 4.69) is 58.0 Å². The molecule has 29 heavy (non-hydrogen) atoms. The van der Waals surface area contributed by atoms with Crippen molar-refractivity contribution in [3.05, 3.63) is 35.4 Å². The molecule has 0 aromatic heterocycles. The van der Waals surface area contributed by atoms with Crippen LogP contribution in [0.25, 0.3) is 10.8 Å². The molecule has 0 atom stereocenters. The first-order valence-corrected chi connectivity index (χ1v) is 10.8. The second-order valence-electron chi connectivity index (χ2n) is 8.56. The van der Waals surface area contributed by atoms with Crippen molar-refractivity contribution in [2.24, 2.45) is 0 Å². The van der Waals surface area contributed by atoms with Gasteiger partial charge in [-0.2, -0.15) is 0 Å². The maximum atomic E-state index is 5.55. The second kappa shape index (κ2) is 8.11. The maximum absolute atomic E-state index is 5.55. The Labute approximate surface area is 173 Å². The molecule has 0 amide bonds. The maximum Gasteiger partial charge on any atom is 0.0897 e. The van der Waals surface area contributed by atoms with Gasteiger partial charge in [-0.15, -0.1) is 0 Å². The number of anilines is 2. The number of benzene rings is 2. The molecule has 0 saturated carbocycles. The summed E-state index contributed by atoms with van der Waals surface area (Å²) in [6.45, 7) is 10.4. The molecule has 2 fully saturated rings. The highest BCUT2D eigenvalue weighted by atomic mass is 16.5. The fraction of sp³-hybridized carbons (Fsp3) is 0.565. The molecule has 2 aromatic rings. The zero-order valence-electron chi connectivity index (χ0n) is 17.7. The van der Waals surface area contributed by atoms with E-state index in [1.165, 1.54) is 33.3 Å². The molecule has 3 heterocycles. The van der Waals surface area contributed by atoms with Crippen LogP contribution < -0.4 is 9.80 Å². The van der Waals surface area contributed by atoms with E-state index in [0.29, 0.717) is 0 Å². The minimum absolute atomic E-state index is 0.844. The lowest BCUT2D eigenvalue weighted by molar-refractivity contribution is 0.0342. The van der Waals surface area contributed by atoms with Crippen LogP contribution in [0.1, 0.15) is 11.1 Å². The third-order valence-corrected chi connectivity index (χ3v) is 6.48. The topological polar surface area (TPSA) is 31.4 Å². The Morgan fingerprint density at radius 1 is 0.690 bits per heavy atom. The van der Waals surface area contributed by atoms with Crippen LogP contribution >= 0.6 is 0 Å². The van der Waals surface area contributed by atoms with Crippen molar-refractivity contribution < 1.29 is 9.47 Å². The third kappa shape index (κ3) is 3.70. The molecule has 0 N–H and O–H groups in total. The van der Waals surface area contributed by atoms with Gasteiger partial charge in [-0.1, -0.05) is 24.3 Å². The van der Waals surface area contributed by atoms with E-state index < -0.39 is 0 Å². The van der Waals surface area contributed by atoms with Crippen molar-refractivity contribution in [2.45, 2.75) is 13.1 Å². The SMILES string of the molecule is CN1CN(C)c2c(CN3CCOCC3)ccc3ccc(CN4CCOCC4)c1c23. The first-order chi connectivity index (χ1) is 14.2. The van der Waals surface area contributed by atoms with Crippen LogP contribution in [0, 0.1) is 0 Å². The number of rotatable bonds is 4. The van der Waals surface area contributed by atoms with Gasteiger partial charge < -0.3 is 19.3 Å². The summed E-state index contributed by atoms with van der Waals surface area (Å²) in [5.74, 6) is 0. The quantitative estimate of drug-likeness (QED) is 0.789. The van der Waals surface area contributed by atoms with Crippen LogP contribution in [0.2, 0.25) is 0 Å². The van der Waals surface area contributed by atoms with E-state index >= 15 is 0 Å². The fourth-order valence-electron chi connectivity index (χ4n) is 5.05. The second-order valence-corrected chi connectivity index (χ2v) is 8.56. The predicted octanol–water partition coefficient (Wildman–Crippen LogP) is 2.35. The van der Waals surface area contributed by atoms with Crippen LogP contribution in [-0.4, -0.2) is 83.2 Å². The lowest BCUT2D eigenvalue weighted by Crippen LogP contribution is -2.40. The van der Waals surface area contributed by atoms with Gasteiger partial charge in [0, 0.05) is 58.8 Å². The van der Waals surface area contributed by atoms with Crippen molar-refractivity contribution in [1.29, 1.82) is 0 Å². The van der Waals surface area contributed by atoms with Crippen LogP contribution in [0.5, 0.6) is 0 Å². The zero-order chi connectivity index (χ0) is 19.8. The normalized spacial score (nSPS) is 21.2. The molecule has 3 aliphatic rings. The molecule has 6 nitrogen and oxygen atoms in total. The summed E-state index contributed by atoms with van der Waals surface area (Å²) in [7, 11) is 4.46. The highest BCUT2D eigenvalue weighted by molar-refractivity contribution is 6.07. The highest BCUT2D eigenvalue weighted by Crippen LogP contribution is 2.43. The summed E-state index contributed by atoms with van der Waals surface area (Å²) in [4.78, 5) is 9.88. The predicted molar refractivity (Wildman–Crippen MR) is 118 cm³/mol. The molecule has 0 spiro atoms. The van der Waals surface area contributed by atoms with E-state index in [1.54, 1.807) is 0 Å². The minimum atomic E-state index is 0.844. The van der Waals surface area contributed by atoms with Gasteiger partial charge in [-0.3, -0.25) is 9.80 Å². The first-order valence-electron chi connectivity index (χ1n) is 10.8. The van der Waals surface area contributed by atoms with E-state index in [9.17, 15) is 0 Å². The van der Waals surface area contributed by atoms with Crippen molar-refractivity contribution in [2.75, 3.05) is 83.2 Å². The molecule has 0 radical (unpaired) electrons. The largest absolute Gasteiger partial charge is 0.379 e. The zero-order valence-corrected chi connectivity index (χ0v) is 17.7. The highest BCUT2D eigenvalue weighted by Gasteiger charge is 2.26. The van der Waals surface area contributed by atoms with Gasteiger partial charge in [-0.25, -0.2) is 0 Å². The van der Waals surface area contributed by atoms with Gasteiger partial charge in [0.25, 0.3) is 0 Å². The summed E-state index contributed by atoms with van der Waals surface area (Å²) >= 11 is 0. The Kier molecular flexibility index (Phi) is 5.35. The summed E-state index contributed by atoms with van der Waals surface area (Å²) in [5.41, 5.74) is 5.68. The van der Waals surface area contributed by atoms with Crippen molar-refractivity contribution in [3.63, 3.8) is 0 Å². The molecule has 2 aromatic carbocycles. The molecular formula is C23H32N4O2. The van der Waals surface area contributed by atoms with Gasteiger partial charge in [0.2, 0.25) is 0 Å². The molecule has 0 aliphatic carbocycles. The summed E-state index contributed by atoms with van der Waals surface area (Å²) in [5, 5.41) is 2.75. The molecule has 3 aliphatic heterocycles. The fourth-order valence-corrected chi connectivity index (χ4v) is 5.05. The van der Waals surface area contributed by atoms with Crippen molar-refractivity contribution >= 4 is 22.1 Å². The van der Waals surface area contributed by atoms with Crippen LogP contribution in [0.4, 0.5) is 11.4 Å². The van der Waals surface area contributed by atoms with Crippen LogP contribution in [-0.2, 0) is 22.6 Å². The molecule has 156 valence electrons. The molecule has 6 heteroatoms. The molecule has 5 rings (SSSR count). The minimum Gasteiger partial charge on any atom is -0.379 e. The van der Waals surface area contributed by atoms with E-state index in [4.69, 9.17) is 9.47 Å². The average molecular weight is 397 g/mol. The standard InChI is InChI=1S/C23H32N4O2/c1-24-17-25(2)23-20(16-27-9-13-29-14-10-27)6-4-18-3-5-19(22(24)21(18)23)15-26-7-11-28-12-8-26/h3-6H,7-17H2,1-2H3. The van der Waals surface area contributed by atoms with Gasteiger partial charge in [0.15, 0.2) is 0 Å². The van der Waals surface area contributed by atoms with Crippen LogP contribution in [0.15, 0.2) is 24.3 Å². The third-order valence-electron chi connectivity index (χ3n) is 6.48. The van der Waals surface area contributed by atoms with Gasteiger partial charge in [0.05, 0.1) is 44.5 Å². The van der Waals surface area contributed by atoms with E-state index in [-0.39, 0.29) is 0 Å². The summed E-state index contributed by atoms with van der Waals surface area (Å²) in [6, 6.07) is 9.29. The van der Waals surface area contributed by atoms with Gasteiger partial charge in [0.1, 0.15) is 0 Å². The lowest BCUT2D eigenvalue weighted by atomic mass is 9.95. The van der Waals surface area contributed by atoms with Gasteiger partial charge >= 0.3 is 0 Å². The number of nitrogens with zero attached hydrogens (tertiary/aromatic N) is 4. The Hall–Kier alpha value is -1.86. The number of hydrogen-bond acceptors (Lipinski definition) is 6. The smallest absolute Gasteiger partial charge is 0.0897 e. The van der Waals surface area contributed by atoms with Gasteiger partial charge in [-0.05, 0) is 16.5 Å². The Balaban J connectivity index is 1.56.